The Morgan fingerprint density at radius 2 is 1.69 bits per heavy atom. The van der Waals surface area contributed by atoms with Crippen LogP contribution in [0.25, 0.3) is 43.2 Å². The molecule has 9 rings (SSSR count). The number of thiazole rings is 1. The van der Waals surface area contributed by atoms with E-state index in [-0.39, 0.29) is 65.5 Å². The largest absolute Gasteiger partial charge is 0.508 e. The maximum atomic E-state index is 17.2. The molecule has 5 N–H and O–H groups in total. The number of carbonyl (C=O) groups is 3. The van der Waals surface area contributed by atoms with Crippen LogP contribution in [0.3, 0.4) is 0 Å². The van der Waals surface area contributed by atoms with Crippen molar-refractivity contribution in [2.24, 2.45) is 5.41 Å². The molecular weight excluding hydrogens is 1040 g/mol. The highest BCUT2D eigenvalue weighted by molar-refractivity contribution is 7.13. The molecule has 0 saturated carbocycles. The van der Waals surface area contributed by atoms with E-state index in [1.807, 2.05) is 105 Å². The second-order valence-electron chi connectivity index (χ2n) is 21.8. The summed E-state index contributed by atoms with van der Waals surface area (Å²) in [6.07, 6.45) is 0.428. The highest BCUT2D eigenvalue weighted by Gasteiger charge is 2.45. The Hall–Kier alpha value is -6.32. The Bertz CT molecular complexity index is 3160. The predicted octanol–water partition coefficient (Wildman–Crippen LogP) is 7.62. The van der Waals surface area contributed by atoms with Crippen LogP contribution in [0.1, 0.15) is 71.2 Å². The minimum Gasteiger partial charge on any atom is -0.508 e. The fourth-order valence-electron chi connectivity index (χ4n) is 10.8. The van der Waals surface area contributed by atoms with Gasteiger partial charge in [-0.15, -0.1) is 11.3 Å². The number of aryl methyl sites for hydroxylation is 1. The van der Waals surface area contributed by atoms with Crippen molar-refractivity contribution in [3.63, 3.8) is 0 Å². The monoisotopic (exact) mass is 1110 g/mol. The van der Waals surface area contributed by atoms with E-state index in [4.69, 9.17) is 26.1 Å². The van der Waals surface area contributed by atoms with E-state index < -0.39 is 53.6 Å². The Kier molecular flexibility index (Phi) is 17.3. The number of hydrogen-bond donors (Lipinski definition) is 5. The van der Waals surface area contributed by atoms with Gasteiger partial charge in [0.2, 0.25) is 17.7 Å². The summed E-state index contributed by atoms with van der Waals surface area (Å²) in [5, 5.41) is 39.8. The predicted molar refractivity (Wildman–Crippen MR) is 301 cm³/mol. The van der Waals surface area contributed by atoms with Crippen molar-refractivity contribution in [2.45, 2.75) is 103 Å². The number of phenolic OH excluding ortho intramolecular Hbond substituents is 1. The highest BCUT2D eigenvalue weighted by Crippen LogP contribution is 2.43. The number of phenols is 1. The number of nitrogens with one attached hydrogen (secondary N) is 2. The molecule has 414 valence electrons. The smallest absolute Gasteiger partial charge is 0.319 e. The molecule has 1 unspecified atom stereocenters. The molecule has 2 aromatic heterocycles. The van der Waals surface area contributed by atoms with Gasteiger partial charge >= 0.3 is 6.01 Å². The molecule has 3 fully saturated rings. The van der Waals surface area contributed by atoms with Gasteiger partial charge in [0.15, 0.2) is 5.82 Å². The van der Waals surface area contributed by atoms with Crippen molar-refractivity contribution >= 4 is 68.2 Å². The number of anilines is 1. The van der Waals surface area contributed by atoms with E-state index >= 15 is 4.39 Å². The van der Waals surface area contributed by atoms with Crippen LogP contribution in [-0.4, -0.2) is 158 Å². The van der Waals surface area contributed by atoms with Gasteiger partial charge in [0.25, 0.3) is 0 Å². The Balaban J connectivity index is 0.809. The van der Waals surface area contributed by atoms with E-state index in [1.54, 1.807) is 23.5 Å². The molecule has 4 aromatic carbocycles. The van der Waals surface area contributed by atoms with Gasteiger partial charge in [-0.1, -0.05) is 87.5 Å². The van der Waals surface area contributed by atoms with E-state index in [9.17, 15) is 29.7 Å². The van der Waals surface area contributed by atoms with Gasteiger partial charge in [-0.2, -0.15) is 9.97 Å². The summed E-state index contributed by atoms with van der Waals surface area (Å²) in [5.74, 6) is -1.59. The van der Waals surface area contributed by atoms with Gasteiger partial charge in [0.05, 0.1) is 39.4 Å². The van der Waals surface area contributed by atoms with Crippen molar-refractivity contribution in [1.29, 1.82) is 0 Å². The van der Waals surface area contributed by atoms with Crippen molar-refractivity contribution in [1.82, 2.24) is 40.3 Å². The van der Waals surface area contributed by atoms with Crippen LogP contribution in [-0.2, 0) is 19.1 Å². The van der Waals surface area contributed by atoms with Crippen LogP contribution in [0.4, 0.5) is 10.2 Å². The number of piperidine rings is 1. The number of likely N-dealkylation sites (tertiary alicyclic amines) is 2. The zero-order valence-corrected chi connectivity index (χ0v) is 46.5. The maximum absolute atomic E-state index is 17.2. The normalized spacial score (nSPS) is 19.4. The first-order valence-electron chi connectivity index (χ1n) is 26.6. The van der Waals surface area contributed by atoms with Crippen LogP contribution in [0.5, 0.6) is 11.8 Å². The Morgan fingerprint density at radius 1 is 0.974 bits per heavy atom. The molecule has 5 heterocycles. The van der Waals surface area contributed by atoms with E-state index in [1.165, 1.54) is 17.0 Å². The van der Waals surface area contributed by atoms with Crippen LogP contribution in [0, 0.1) is 18.2 Å². The Morgan fingerprint density at radius 3 is 2.37 bits per heavy atom. The number of rotatable bonds is 17. The first kappa shape index (κ1) is 56.4. The third-order valence-corrected chi connectivity index (χ3v) is 16.3. The first-order valence-corrected chi connectivity index (χ1v) is 27.8. The van der Waals surface area contributed by atoms with Crippen molar-refractivity contribution < 1.29 is 43.6 Å². The third kappa shape index (κ3) is 12.6. The lowest BCUT2D eigenvalue weighted by molar-refractivity contribution is -0.145. The van der Waals surface area contributed by atoms with Crippen molar-refractivity contribution in [2.75, 3.05) is 63.9 Å². The van der Waals surface area contributed by atoms with Crippen molar-refractivity contribution in [3.05, 3.63) is 107 Å². The van der Waals surface area contributed by atoms with Crippen LogP contribution in [0.15, 0.2) is 84.9 Å². The molecule has 3 aliphatic heterocycles. The van der Waals surface area contributed by atoms with Crippen LogP contribution in [0.2, 0.25) is 5.02 Å². The number of aromatic hydroxyl groups is 1. The SMILES string of the molecule is C=CC(O)N1CCN(c2nc(O[C@H](C)CN3CCC(OCC(=O)N[C@H](C(=O)N4C[C@H](O)C[C@H]4C(=O)N[C@@H](C)c4ccc(-c5scnc5C)cc4)C(C)(C)C)CC3)nc3c(F)c(-c4cc(O)cc5ccccc45)c(Cl)cc23)CC1. The number of aliphatic hydroxyl groups excluding tert-OH is 2. The maximum Gasteiger partial charge on any atom is 0.319 e. The fourth-order valence-corrected chi connectivity index (χ4v) is 11.9. The second-order valence-corrected chi connectivity index (χ2v) is 23.0. The van der Waals surface area contributed by atoms with Gasteiger partial charge in [-0.05, 0) is 90.8 Å². The van der Waals surface area contributed by atoms with Gasteiger partial charge in [0.1, 0.15) is 48.1 Å². The molecule has 0 aliphatic carbocycles. The van der Waals surface area contributed by atoms with Crippen LogP contribution >= 0.6 is 22.9 Å². The van der Waals surface area contributed by atoms with Crippen molar-refractivity contribution in [3.8, 4) is 33.3 Å². The van der Waals surface area contributed by atoms with E-state index in [0.29, 0.717) is 86.2 Å². The molecule has 3 aliphatic rings. The number of β-amino-alcohol motifs (C(OH)–C–C–N with tert-alkyl or cyclic N) is 1. The lowest BCUT2D eigenvalue weighted by atomic mass is 9.85. The third-order valence-electron chi connectivity index (χ3n) is 15.0. The average molecular weight is 1110 g/mol. The summed E-state index contributed by atoms with van der Waals surface area (Å²) >= 11 is 8.52. The zero-order valence-electron chi connectivity index (χ0n) is 44.9. The summed E-state index contributed by atoms with van der Waals surface area (Å²) in [6, 6.07) is 17.7. The van der Waals surface area contributed by atoms with Gasteiger partial charge < -0.3 is 45.2 Å². The number of aliphatic hydroxyl groups is 2. The molecule has 6 aromatic rings. The number of carbonyl (C=O) groups excluding carboxylic acids is 3. The lowest BCUT2D eigenvalue weighted by Gasteiger charge is -2.37. The standard InChI is InChI=1S/C58H69ClFN9O8S/c1-8-48(73)67-21-23-68(24-22-67)54-44-28-45(59)49(43-26-39(70)25-38-11-9-10-12-42(38)43)50(60)51(44)64-57(65-54)77-33(2)29-66-19-17-41(18-20-66)76-31-47(72)63-53(58(5,6)7)56(75)69-30-40(71)27-46(69)55(74)62-34(3)36-13-15-37(16-14-36)52-35(4)61-32-78-52/h8-16,25-26,28,32-34,40-41,46,48,53,70-71,73H,1,17-24,27,29-31H2,2-7H3,(H,62,74)(H,63,72)/t33-,34+,40-,46+,48?,53-/m1/s1. The molecule has 0 radical (unpaired) electrons. The highest BCUT2D eigenvalue weighted by atomic mass is 35.5. The molecule has 17 nitrogen and oxygen atoms in total. The van der Waals surface area contributed by atoms with Gasteiger partial charge in [0, 0.05) is 69.7 Å². The molecular formula is C58H69ClFN9O8S. The van der Waals surface area contributed by atoms with Gasteiger partial charge in [-0.3, -0.25) is 24.2 Å². The first-order chi connectivity index (χ1) is 37.3. The van der Waals surface area contributed by atoms with Crippen LogP contribution < -0.4 is 20.3 Å². The second kappa shape index (κ2) is 24.0. The summed E-state index contributed by atoms with van der Waals surface area (Å²) in [6.45, 7) is 18.4. The summed E-state index contributed by atoms with van der Waals surface area (Å²) < 4.78 is 29.7. The zero-order chi connectivity index (χ0) is 55.6. The molecule has 3 saturated heterocycles. The molecule has 3 amide bonds. The quantitative estimate of drug-likeness (QED) is 0.0558. The number of halogens is 2. The number of fused-ring (bicyclic) bond motifs is 2. The topological polar surface area (TPSA) is 206 Å². The van der Waals surface area contributed by atoms with E-state index in [0.717, 1.165) is 21.7 Å². The fraction of sp³-hybridized carbons (Fsp3) is 0.448. The number of hydrogen-bond acceptors (Lipinski definition) is 15. The minimum atomic E-state index is -1.00. The number of benzene rings is 4. The lowest BCUT2D eigenvalue weighted by Crippen LogP contribution is -2.58. The number of aromatic nitrogens is 3. The number of amides is 3. The molecule has 20 heteroatoms. The minimum absolute atomic E-state index is 0.0102. The molecule has 78 heavy (non-hydrogen) atoms. The molecule has 0 spiro atoms. The summed E-state index contributed by atoms with van der Waals surface area (Å²) in [7, 11) is 0. The number of piperazine rings is 1. The number of ether oxygens (including phenoxy) is 2. The molecule has 6 atom stereocenters. The summed E-state index contributed by atoms with van der Waals surface area (Å²) in [4.78, 5) is 64.1. The summed E-state index contributed by atoms with van der Waals surface area (Å²) in [5.41, 5.74) is 4.46. The molecule has 0 bridgehead atoms. The average Bonchev–Trinajstić information content (AvgIpc) is 4.17. The van der Waals surface area contributed by atoms with E-state index in [2.05, 4.69) is 32.1 Å². The van der Waals surface area contributed by atoms with Gasteiger partial charge in [-0.25, -0.2) is 9.37 Å². The Labute approximate surface area is 463 Å². The number of nitrogens with zero attached hydrogens (tertiary/aromatic N) is 7.